The van der Waals surface area contributed by atoms with Crippen LogP contribution in [0.15, 0.2) is 36.4 Å². The number of fused-ring (bicyclic) bond motifs is 1. The van der Waals surface area contributed by atoms with E-state index in [-0.39, 0.29) is 6.10 Å². The predicted molar refractivity (Wildman–Crippen MR) is 89.7 cm³/mol. The van der Waals surface area contributed by atoms with E-state index in [4.69, 9.17) is 4.74 Å². The van der Waals surface area contributed by atoms with Gasteiger partial charge in [0.15, 0.2) is 5.65 Å². The summed E-state index contributed by atoms with van der Waals surface area (Å²) in [6, 6.07) is 8.68. The van der Waals surface area contributed by atoms with Gasteiger partial charge in [0.05, 0.1) is 23.6 Å². The molecule has 0 saturated carbocycles. The highest BCUT2D eigenvalue weighted by molar-refractivity contribution is 5.64. The van der Waals surface area contributed by atoms with Crippen LogP contribution in [-0.4, -0.2) is 34.3 Å². The molecule has 1 N–H and O–H groups in total. The molecule has 1 fully saturated rings. The molecule has 3 heterocycles. The minimum atomic E-state index is -4.35. The molecule has 0 bridgehead atoms. The lowest BCUT2D eigenvalue weighted by Crippen LogP contribution is -2.34. The number of rotatable bonds is 2. The van der Waals surface area contributed by atoms with Crippen LogP contribution in [0.3, 0.4) is 0 Å². The molecule has 5 nitrogen and oxygen atoms in total. The van der Waals surface area contributed by atoms with Crippen LogP contribution in [0.4, 0.5) is 13.2 Å². The molecule has 1 aliphatic rings. The summed E-state index contributed by atoms with van der Waals surface area (Å²) < 4.78 is 45.8. The highest BCUT2D eigenvalue weighted by atomic mass is 19.4. The molecule has 0 amide bonds. The molecule has 4 rings (SSSR count). The Labute approximate surface area is 147 Å². The lowest BCUT2D eigenvalue weighted by molar-refractivity contribution is -0.137. The standard InChI is InChI=1S/C18H17F3N4O/c1-11-8-15(16-10-22-6-7-26-16)25-17(23-11)9-14(24-25)12-2-4-13(5-3-12)18(19,20)21/h2-5,8-9,16,22H,6-7,10H2,1H3/t16-/m1/s1. The zero-order valence-electron chi connectivity index (χ0n) is 14.0. The molecule has 0 radical (unpaired) electrons. The normalized spacial score (nSPS) is 18.4. The number of morpholine rings is 1. The van der Waals surface area contributed by atoms with Crippen molar-refractivity contribution in [1.82, 2.24) is 19.9 Å². The number of nitrogens with one attached hydrogen (secondary N) is 1. The van der Waals surface area contributed by atoms with E-state index in [1.807, 2.05) is 13.0 Å². The van der Waals surface area contributed by atoms with Crippen molar-refractivity contribution in [2.75, 3.05) is 19.7 Å². The number of halogens is 3. The van der Waals surface area contributed by atoms with Crippen LogP contribution in [0.25, 0.3) is 16.9 Å². The van der Waals surface area contributed by atoms with Crippen molar-refractivity contribution in [3.05, 3.63) is 53.3 Å². The second-order valence-corrected chi connectivity index (χ2v) is 6.26. The van der Waals surface area contributed by atoms with E-state index < -0.39 is 11.7 Å². The smallest absolute Gasteiger partial charge is 0.369 e. The maximum Gasteiger partial charge on any atom is 0.416 e. The molecule has 0 aliphatic carbocycles. The highest BCUT2D eigenvalue weighted by Gasteiger charge is 2.30. The quantitative estimate of drug-likeness (QED) is 0.759. The molecular weight excluding hydrogens is 345 g/mol. The molecule has 2 aromatic heterocycles. The molecule has 3 aromatic rings. The topological polar surface area (TPSA) is 51.5 Å². The Morgan fingerprint density at radius 2 is 1.96 bits per heavy atom. The molecule has 1 atom stereocenters. The van der Waals surface area contributed by atoms with Crippen LogP contribution in [0, 0.1) is 6.92 Å². The number of hydrogen-bond acceptors (Lipinski definition) is 4. The fraction of sp³-hybridized carbons (Fsp3) is 0.333. The van der Waals surface area contributed by atoms with Gasteiger partial charge in [0.25, 0.3) is 0 Å². The Bertz CT molecular complexity index is 928. The second kappa shape index (κ2) is 6.37. The third-order valence-electron chi connectivity index (χ3n) is 4.35. The summed E-state index contributed by atoms with van der Waals surface area (Å²) in [4.78, 5) is 4.48. The summed E-state index contributed by atoms with van der Waals surface area (Å²) in [5.41, 5.74) is 2.85. The molecule has 26 heavy (non-hydrogen) atoms. The Hall–Kier alpha value is -2.45. The highest BCUT2D eigenvalue weighted by Crippen LogP contribution is 2.31. The average molecular weight is 362 g/mol. The zero-order valence-corrected chi connectivity index (χ0v) is 14.0. The van der Waals surface area contributed by atoms with Gasteiger partial charge in [-0.1, -0.05) is 12.1 Å². The van der Waals surface area contributed by atoms with E-state index in [1.54, 1.807) is 10.6 Å². The molecule has 8 heteroatoms. The Morgan fingerprint density at radius 3 is 2.62 bits per heavy atom. The second-order valence-electron chi connectivity index (χ2n) is 6.26. The van der Waals surface area contributed by atoms with Gasteiger partial charge in [-0.05, 0) is 25.1 Å². The van der Waals surface area contributed by atoms with Crippen LogP contribution < -0.4 is 5.32 Å². The monoisotopic (exact) mass is 362 g/mol. The van der Waals surface area contributed by atoms with Crippen molar-refractivity contribution in [2.45, 2.75) is 19.2 Å². The number of ether oxygens (including phenoxy) is 1. The van der Waals surface area contributed by atoms with Gasteiger partial charge in [0.1, 0.15) is 6.10 Å². The number of aryl methyl sites for hydroxylation is 1. The van der Waals surface area contributed by atoms with Crippen molar-refractivity contribution >= 4 is 5.65 Å². The van der Waals surface area contributed by atoms with Gasteiger partial charge in [0, 0.05) is 30.4 Å². The Kier molecular flexibility index (Phi) is 4.16. The fourth-order valence-corrected chi connectivity index (χ4v) is 3.08. The van der Waals surface area contributed by atoms with Gasteiger partial charge in [-0.2, -0.15) is 18.3 Å². The van der Waals surface area contributed by atoms with Crippen molar-refractivity contribution < 1.29 is 17.9 Å². The number of benzene rings is 1. The van der Waals surface area contributed by atoms with E-state index in [0.29, 0.717) is 30.1 Å². The van der Waals surface area contributed by atoms with Crippen molar-refractivity contribution in [3.63, 3.8) is 0 Å². The number of aromatic nitrogens is 3. The van der Waals surface area contributed by atoms with Gasteiger partial charge in [0.2, 0.25) is 0 Å². The summed E-state index contributed by atoms with van der Waals surface area (Å²) >= 11 is 0. The molecule has 0 unspecified atom stereocenters. The van der Waals surface area contributed by atoms with Crippen LogP contribution in [-0.2, 0) is 10.9 Å². The predicted octanol–water partition coefficient (Wildman–Crippen LogP) is 3.38. The first-order valence-corrected chi connectivity index (χ1v) is 8.29. The van der Waals surface area contributed by atoms with Crippen LogP contribution in [0.2, 0.25) is 0 Å². The fourth-order valence-electron chi connectivity index (χ4n) is 3.08. The summed E-state index contributed by atoms with van der Waals surface area (Å²) in [5.74, 6) is 0. The Balaban J connectivity index is 1.75. The first-order chi connectivity index (χ1) is 12.4. The zero-order chi connectivity index (χ0) is 18.3. The maximum absolute atomic E-state index is 12.7. The molecule has 1 aromatic carbocycles. The van der Waals surface area contributed by atoms with Gasteiger partial charge in [-0.25, -0.2) is 9.50 Å². The molecular formula is C18H17F3N4O. The lowest BCUT2D eigenvalue weighted by atomic mass is 10.1. The van der Waals surface area contributed by atoms with E-state index in [9.17, 15) is 13.2 Å². The van der Waals surface area contributed by atoms with Crippen molar-refractivity contribution in [2.24, 2.45) is 0 Å². The summed E-state index contributed by atoms with van der Waals surface area (Å²) in [7, 11) is 0. The molecule has 1 aliphatic heterocycles. The van der Waals surface area contributed by atoms with E-state index in [0.717, 1.165) is 30.1 Å². The third kappa shape index (κ3) is 3.17. The van der Waals surface area contributed by atoms with Crippen LogP contribution >= 0.6 is 0 Å². The van der Waals surface area contributed by atoms with Crippen LogP contribution in [0.1, 0.15) is 23.1 Å². The maximum atomic E-state index is 12.7. The summed E-state index contributed by atoms with van der Waals surface area (Å²) in [6.45, 7) is 3.98. The Morgan fingerprint density at radius 1 is 1.19 bits per heavy atom. The largest absolute Gasteiger partial charge is 0.416 e. The molecule has 1 saturated heterocycles. The van der Waals surface area contributed by atoms with E-state index in [1.165, 1.54) is 12.1 Å². The lowest BCUT2D eigenvalue weighted by Gasteiger charge is -2.24. The summed E-state index contributed by atoms with van der Waals surface area (Å²) in [5, 5.41) is 7.84. The van der Waals surface area contributed by atoms with Gasteiger partial charge in [-0.3, -0.25) is 0 Å². The summed E-state index contributed by atoms with van der Waals surface area (Å²) in [6.07, 6.45) is -4.50. The number of hydrogen-bond donors (Lipinski definition) is 1. The minimum absolute atomic E-state index is 0.145. The van der Waals surface area contributed by atoms with E-state index in [2.05, 4.69) is 15.4 Å². The molecule has 136 valence electrons. The van der Waals surface area contributed by atoms with Gasteiger partial charge in [-0.15, -0.1) is 0 Å². The van der Waals surface area contributed by atoms with Crippen molar-refractivity contribution in [3.8, 4) is 11.3 Å². The van der Waals surface area contributed by atoms with Gasteiger partial charge >= 0.3 is 6.18 Å². The van der Waals surface area contributed by atoms with E-state index >= 15 is 0 Å². The van der Waals surface area contributed by atoms with Crippen LogP contribution in [0.5, 0.6) is 0 Å². The minimum Gasteiger partial charge on any atom is -0.369 e. The first kappa shape index (κ1) is 17.0. The van der Waals surface area contributed by atoms with Crippen molar-refractivity contribution in [1.29, 1.82) is 0 Å². The number of nitrogens with zero attached hydrogens (tertiary/aromatic N) is 3. The molecule has 0 spiro atoms. The SMILES string of the molecule is Cc1cc([C@H]2CNCCO2)n2nc(-c3ccc(C(F)(F)F)cc3)cc2n1. The third-order valence-corrected chi connectivity index (χ3v) is 4.35. The first-order valence-electron chi connectivity index (χ1n) is 8.29. The number of alkyl halides is 3. The van der Waals surface area contributed by atoms with Gasteiger partial charge < -0.3 is 10.1 Å². The average Bonchev–Trinajstić information content (AvgIpc) is 3.05.